The van der Waals surface area contributed by atoms with E-state index in [0.29, 0.717) is 5.02 Å². The molecule has 0 saturated carbocycles. The molecular formula is C14H8Cl2F3NO4S2. The standard InChI is InChI=1S/C14H8Cl2F3NO4S2/c15-8-2-1-7(9(16)5-8)6-26(23,24)20-13(22)11-4-3-10(25-11)12(21)14(17,18)19/h1-5H,6H2,(H,20,22). The molecule has 2 aromatic rings. The summed E-state index contributed by atoms with van der Waals surface area (Å²) >= 11 is 11.8. The van der Waals surface area contributed by atoms with Crippen LogP contribution in [0.5, 0.6) is 0 Å². The van der Waals surface area contributed by atoms with E-state index in [9.17, 15) is 31.2 Å². The fraction of sp³-hybridized carbons (Fsp3) is 0.143. The number of benzene rings is 1. The number of sulfonamides is 1. The molecule has 1 heterocycles. The van der Waals surface area contributed by atoms with Crippen molar-refractivity contribution in [2.75, 3.05) is 0 Å². The molecule has 0 saturated heterocycles. The number of amides is 1. The summed E-state index contributed by atoms with van der Waals surface area (Å²) in [5.74, 6) is -3.91. The van der Waals surface area contributed by atoms with Crippen molar-refractivity contribution in [3.8, 4) is 0 Å². The Morgan fingerprint density at radius 3 is 2.27 bits per heavy atom. The SMILES string of the molecule is O=C(NS(=O)(=O)Cc1ccc(Cl)cc1Cl)c1ccc(C(=O)C(F)(F)F)s1. The molecule has 0 atom stereocenters. The van der Waals surface area contributed by atoms with Crippen molar-refractivity contribution < 1.29 is 31.2 Å². The Hall–Kier alpha value is -1.62. The third-order valence-electron chi connectivity index (χ3n) is 2.92. The van der Waals surface area contributed by atoms with Gasteiger partial charge in [-0.3, -0.25) is 9.59 Å². The number of alkyl halides is 3. The van der Waals surface area contributed by atoms with Crippen LogP contribution in [0.15, 0.2) is 30.3 Å². The summed E-state index contributed by atoms with van der Waals surface area (Å²) in [6, 6.07) is 5.83. The molecule has 0 spiro atoms. The predicted octanol–water partition coefficient (Wildman–Crippen LogP) is 4.06. The van der Waals surface area contributed by atoms with Gasteiger partial charge in [-0.25, -0.2) is 13.1 Å². The van der Waals surface area contributed by atoms with Gasteiger partial charge >= 0.3 is 6.18 Å². The first-order valence-corrected chi connectivity index (χ1v) is 9.81. The fourth-order valence-electron chi connectivity index (χ4n) is 1.79. The number of ketones is 1. The summed E-state index contributed by atoms with van der Waals surface area (Å²) in [4.78, 5) is 22.0. The first-order chi connectivity index (χ1) is 11.9. The van der Waals surface area contributed by atoms with E-state index in [1.807, 2.05) is 0 Å². The lowest BCUT2D eigenvalue weighted by Crippen LogP contribution is -2.31. The first-order valence-electron chi connectivity index (χ1n) is 6.59. The number of hydrogen-bond acceptors (Lipinski definition) is 5. The van der Waals surface area contributed by atoms with Crippen LogP contribution in [0.4, 0.5) is 13.2 Å². The van der Waals surface area contributed by atoms with E-state index in [4.69, 9.17) is 23.2 Å². The van der Waals surface area contributed by atoms with Crippen LogP contribution in [0.25, 0.3) is 0 Å². The number of halogens is 5. The average Bonchev–Trinajstić information content (AvgIpc) is 2.97. The lowest BCUT2D eigenvalue weighted by molar-refractivity contribution is -0.0882. The highest BCUT2D eigenvalue weighted by molar-refractivity contribution is 7.89. The van der Waals surface area contributed by atoms with Gasteiger partial charge in [0.05, 0.1) is 15.5 Å². The van der Waals surface area contributed by atoms with Gasteiger partial charge in [0.1, 0.15) is 0 Å². The van der Waals surface area contributed by atoms with Gasteiger partial charge in [-0.05, 0) is 29.8 Å². The summed E-state index contributed by atoms with van der Waals surface area (Å²) in [6.45, 7) is 0. The number of thiophene rings is 1. The molecule has 0 fully saturated rings. The van der Waals surface area contributed by atoms with Crippen LogP contribution in [0.2, 0.25) is 10.0 Å². The fourth-order valence-corrected chi connectivity index (χ4v) is 4.40. The van der Waals surface area contributed by atoms with Crippen molar-refractivity contribution in [1.29, 1.82) is 0 Å². The number of carbonyl (C=O) groups excluding carboxylic acids is 2. The molecule has 1 aromatic heterocycles. The molecule has 0 aliphatic carbocycles. The molecule has 26 heavy (non-hydrogen) atoms. The minimum atomic E-state index is -5.09. The Morgan fingerprint density at radius 1 is 1.08 bits per heavy atom. The number of nitrogens with one attached hydrogen (secondary N) is 1. The minimum absolute atomic E-state index is 0.0736. The molecule has 1 aromatic carbocycles. The second-order valence-electron chi connectivity index (χ2n) is 4.92. The van der Waals surface area contributed by atoms with E-state index in [1.54, 1.807) is 4.72 Å². The van der Waals surface area contributed by atoms with Gasteiger partial charge < -0.3 is 0 Å². The highest BCUT2D eigenvalue weighted by Gasteiger charge is 2.40. The molecule has 0 aliphatic rings. The molecule has 1 amide bonds. The number of carbonyl (C=O) groups is 2. The van der Waals surface area contributed by atoms with Gasteiger partial charge in [-0.2, -0.15) is 13.2 Å². The van der Waals surface area contributed by atoms with Crippen LogP contribution in [-0.2, 0) is 15.8 Å². The molecular weight excluding hydrogens is 438 g/mol. The molecule has 2 rings (SSSR count). The third kappa shape index (κ3) is 5.19. The summed E-state index contributed by atoms with van der Waals surface area (Å²) in [6.07, 6.45) is -5.09. The van der Waals surface area contributed by atoms with Crippen LogP contribution in [0, 0.1) is 0 Å². The van der Waals surface area contributed by atoms with Gasteiger partial charge in [0, 0.05) is 10.0 Å². The highest BCUT2D eigenvalue weighted by Crippen LogP contribution is 2.27. The number of Topliss-reactive ketones (excluding diaryl/α,β-unsaturated/α-hetero) is 1. The predicted molar refractivity (Wildman–Crippen MR) is 91.3 cm³/mol. The molecule has 0 aliphatic heterocycles. The molecule has 1 N–H and O–H groups in total. The monoisotopic (exact) mass is 445 g/mol. The first kappa shape index (κ1) is 20.7. The second-order valence-corrected chi connectivity index (χ2v) is 8.57. The number of hydrogen-bond donors (Lipinski definition) is 1. The Morgan fingerprint density at radius 2 is 1.69 bits per heavy atom. The summed E-state index contributed by atoms with van der Waals surface area (Å²) in [5, 5.41) is 0.366. The second kappa shape index (κ2) is 7.55. The van der Waals surface area contributed by atoms with Crippen molar-refractivity contribution >= 4 is 56.3 Å². The van der Waals surface area contributed by atoms with E-state index < -0.39 is 38.5 Å². The van der Waals surface area contributed by atoms with Crippen molar-refractivity contribution in [3.05, 3.63) is 55.7 Å². The molecule has 140 valence electrons. The zero-order valence-electron chi connectivity index (χ0n) is 12.4. The highest BCUT2D eigenvalue weighted by atomic mass is 35.5. The molecule has 5 nitrogen and oxygen atoms in total. The smallest absolute Gasteiger partial charge is 0.283 e. The maximum absolute atomic E-state index is 12.4. The maximum Gasteiger partial charge on any atom is 0.455 e. The summed E-state index contributed by atoms with van der Waals surface area (Å²) in [5.41, 5.74) is 0.176. The van der Waals surface area contributed by atoms with Crippen LogP contribution >= 0.6 is 34.5 Å². The van der Waals surface area contributed by atoms with Crippen LogP contribution in [0.3, 0.4) is 0 Å². The Bertz CT molecular complexity index is 971. The van der Waals surface area contributed by atoms with Crippen molar-refractivity contribution in [1.82, 2.24) is 4.72 Å². The molecule has 12 heteroatoms. The van der Waals surface area contributed by atoms with Crippen LogP contribution in [-0.4, -0.2) is 26.3 Å². The van der Waals surface area contributed by atoms with Crippen LogP contribution < -0.4 is 4.72 Å². The largest absolute Gasteiger partial charge is 0.455 e. The van der Waals surface area contributed by atoms with Gasteiger partial charge in [0.2, 0.25) is 10.0 Å². The van der Waals surface area contributed by atoms with Gasteiger partial charge in [-0.15, -0.1) is 11.3 Å². The normalized spacial score (nSPS) is 12.0. The Kier molecular flexibility index (Phi) is 6.01. The lowest BCUT2D eigenvalue weighted by atomic mass is 10.2. The maximum atomic E-state index is 12.4. The van der Waals surface area contributed by atoms with Gasteiger partial charge in [0.25, 0.3) is 11.7 Å². The van der Waals surface area contributed by atoms with Crippen molar-refractivity contribution in [3.63, 3.8) is 0 Å². The Balaban J connectivity index is 2.13. The zero-order valence-corrected chi connectivity index (χ0v) is 15.6. The minimum Gasteiger partial charge on any atom is -0.283 e. The van der Waals surface area contributed by atoms with Crippen molar-refractivity contribution in [2.45, 2.75) is 11.9 Å². The lowest BCUT2D eigenvalue weighted by Gasteiger charge is -2.07. The van der Waals surface area contributed by atoms with E-state index in [0.717, 1.165) is 12.1 Å². The summed E-state index contributed by atoms with van der Waals surface area (Å²) in [7, 11) is -4.18. The van der Waals surface area contributed by atoms with Gasteiger partial charge in [0.15, 0.2) is 0 Å². The summed E-state index contributed by atoms with van der Waals surface area (Å²) < 4.78 is 62.9. The molecule has 0 unspecified atom stereocenters. The van der Waals surface area contributed by atoms with Crippen molar-refractivity contribution in [2.24, 2.45) is 0 Å². The zero-order chi connectivity index (χ0) is 19.7. The third-order valence-corrected chi connectivity index (χ3v) is 5.78. The van der Waals surface area contributed by atoms with E-state index in [-0.39, 0.29) is 26.8 Å². The number of rotatable bonds is 5. The van der Waals surface area contributed by atoms with E-state index >= 15 is 0 Å². The average molecular weight is 446 g/mol. The Labute approximate surface area is 159 Å². The molecule has 0 radical (unpaired) electrons. The van der Waals surface area contributed by atoms with E-state index in [1.165, 1.54) is 18.2 Å². The quantitative estimate of drug-likeness (QED) is 0.703. The van der Waals surface area contributed by atoms with Gasteiger partial charge in [-0.1, -0.05) is 29.3 Å². The van der Waals surface area contributed by atoms with Crippen LogP contribution in [0.1, 0.15) is 24.9 Å². The van der Waals surface area contributed by atoms with E-state index in [2.05, 4.69) is 0 Å². The molecule has 0 bridgehead atoms. The topological polar surface area (TPSA) is 80.3 Å².